The monoisotopic (exact) mass is 529 g/mol. The van der Waals surface area contributed by atoms with Crippen molar-refractivity contribution in [1.29, 1.82) is 0 Å². The number of amides is 1. The molecule has 1 saturated heterocycles. The highest BCUT2D eigenvalue weighted by Gasteiger charge is 2.46. The number of benzene rings is 3. The lowest BCUT2D eigenvalue weighted by Gasteiger charge is -2.26. The van der Waals surface area contributed by atoms with Crippen LogP contribution in [0.2, 0.25) is 0 Å². The molecule has 2 atom stereocenters. The minimum Gasteiger partial charge on any atom is -0.507 e. The zero-order valence-corrected chi connectivity index (χ0v) is 22.4. The maximum absolute atomic E-state index is 13.5. The summed E-state index contributed by atoms with van der Waals surface area (Å²) in [4.78, 5) is 28.5. The number of rotatable bonds is 8. The zero-order valence-electron chi connectivity index (χ0n) is 22.4. The molecule has 2 aliphatic rings. The SMILES string of the molecule is COc1cc([C@@H]2/C(=C(\O)c3ccc4c(c3)C[C@H](C)O4)C(=O)C(=O)N2CCc2ccccc2)cc(OC)c1OC. The van der Waals surface area contributed by atoms with Crippen LogP contribution in [0.4, 0.5) is 0 Å². The molecule has 1 amide bonds. The van der Waals surface area contributed by atoms with Crippen molar-refractivity contribution in [2.45, 2.75) is 31.9 Å². The predicted octanol–water partition coefficient (Wildman–Crippen LogP) is 4.70. The van der Waals surface area contributed by atoms with Gasteiger partial charge in [-0.15, -0.1) is 0 Å². The second-order valence-corrected chi connectivity index (χ2v) is 9.64. The van der Waals surface area contributed by atoms with Crippen molar-refractivity contribution < 1.29 is 33.6 Å². The highest BCUT2D eigenvalue weighted by Crippen LogP contribution is 2.46. The molecule has 0 unspecified atom stereocenters. The van der Waals surface area contributed by atoms with Gasteiger partial charge in [0.1, 0.15) is 17.6 Å². The van der Waals surface area contributed by atoms with Crippen LogP contribution in [0.25, 0.3) is 5.76 Å². The molecule has 2 heterocycles. The number of methoxy groups -OCH3 is 3. The van der Waals surface area contributed by atoms with Gasteiger partial charge in [-0.2, -0.15) is 0 Å². The number of ketones is 1. The number of carbonyl (C=O) groups is 2. The Labute approximate surface area is 227 Å². The fourth-order valence-corrected chi connectivity index (χ4v) is 5.34. The molecule has 0 saturated carbocycles. The van der Waals surface area contributed by atoms with Crippen LogP contribution in [-0.2, 0) is 22.4 Å². The molecule has 8 heteroatoms. The molecule has 1 fully saturated rings. The standard InChI is InChI=1S/C31H31NO7/c1-18-14-21-15-20(10-11-23(21)39-18)28(33)26-27(22-16-24(36-2)30(38-4)25(17-22)37-3)32(31(35)29(26)34)13-12-19-8-6-5-7-9-19/h5-11,15-18,27,33H,12-14H2,1-4H3/b28-26+/t18-,27+/m0/s1. The minimum atomic E-state index is -0.870. The van der Waals surface area contributed by atoms with Gasteiger partial charge < -0.3 is 29.0 Å². The van der Waals surface area contributed by atoms with E-state index < -0.39 is 17.7 Å². The first kappa shape index (κ1) is 26.2. The molecule has 202 valence electrons. The quantitative estimate of drug-likeness (QED) is 0.257. The first-order chi connectivity index (χ1) is 18.9. The summed E-state index contributed by atoms with van der Waals surface area (Å²) in [7, 11) is 4.51. The van der Waals surface area contributed by atoms with Crippen LogP contribution in [0.5, 0.6) is 23.0 Å². The van der Waals surface area contributed by atoms with Crippen molar-refractivity contribution >= 4 is 17.4 Å². The molecular formula is C31H31NO7. The molecule has 3 aromatic rings. The van der Waals surface area contributed by atoms with E-state index in [1.54, 1.807) is 24.3 Å². The van der Waals surface area contributed by atoms with Crippen LogP contribution in [0, 0.1) is 0 Å². The lowest BCUT2D eigenvalue weighted by Crippen LogP contribution is -2.31. The summed E-state index contributed by atoms with van der Waals surface area (Å²) in [6.07, 6.45) is 1.25. The van der Waals surface area contributed by atoms with Crippen LogP contribution in [0.15, 0.2) is 66.2 Å². The van der Waals surface area contributed by atoms with Gasteiger partial charge >= 0.3 is 0 Å². The van der Waals surface area contributed by atoms with E-state index in [0.29, 0.717) is 41.2 Å². The fourth-order valence-electron chi connectivity index (χ4n) is 5.34. The van der Waals surface area contributed by atoms with Gasteiger partial charge in [-0.1, -0.05) is 30.3 Å². The van der Waals surface area contributed by atoms with Crippen molar-refractivity contribution in [2.75, 3.05) is 27.9 Å². The lowest BCUT2D eigenvalue weighted by atomic mass is 9.93. The van der Waals surface area contributed by atoms with Crippen LogP contribution in [-0.4, -0.2) is 55.7 Å². The summed E-state index contributed by atoms with van der Waals surface area (Å²) in [6, 6.07) is 17.6. The van der Waals surface area contributed by atoms with Crippen LogP contribution in [0.1, 0.15) is 35.2 Å². The summed E-state index contributed by atoms with van der Waals surface area (Å²) in [5, 5.41) is 11.5. The van der Waals surface area contributed by atoms with Crippen LogP contribution >= 0.6 is 0 Å². The van der Waals surface area contributed by atoms with E-state index in [-0.39, 0.29) is 24.0 Å². The number of carbonyl (C=O) groups excluding carboxylic acids is 2. The Bertz CT molecular complexity index is 1420. The molecule has 8 nitrogen and oxygen atoms in total. The van der Waals surface area contributed by atoms with Gasteiger partial charge in [-0.3, -0.25) is 9.59 Å². The number of likely N-dealkylation sites (tertiary alicyclic amines) is 1. The van der Waals surface area contributed by atoms with E-state index in [1.807, 2.05) is 43.3 Å². The minimum absolute atomic E-state index is 0.00856. The summed E-state index contributed by atoms with van der Waals surface area (Å²) in [6.45, 7) is 2.24. The van der Waals surface area contributed by atoms with E-state index in [1.165, 1.54) is 26.2 Å². The molecular weight excluding hydrogens is 498 g/mol. The third-order valence-corrected chi connectivity index (χ3v) is 7.20. The smallest absolute Gasteiger partial charge is 0.295 e. The first-order valence-corrected chi connectivity index (χ1v) is 12.8. The number of aliphatic hydroxyl groups excluding tert-OH is 1. The van der Waals surface area contributed by atoms with E-state index >= 15 is 0 Å². The summed E-state index contributed by atoms with van der Waals surface area (Å²) in [5.41, 5.74) is 2.97. The summed E-state index contributed by atoms with van der Waals surface area (Å²) in [5.74, 6) is 0.236. The molecule has 0 aromatic heterocycles. The van der Waals surface area contributed by atoms with Crippen molar-refractivity contribution in [1.82, 2.24) is 4.90 Å². The maximum Gasteiger partial charge on any atom is 0.295 e. The summed E-state index contributed by atoms with van der Waals surface area (Å²) >= 11 is 0. The van der Waals surface area contributed by atoms with Crippen molar-refractivity contribution in [3.63, 3.8) is 0 Å². The van der Waals surface area contributed by atoms with Gasteiger partial charge in [0.05, 0.1) is 32.9 Å². The second kappa shape index (κ2) is 10.7. The third kappa shape index (κ3) is 4.78. The lowest BCUT2D eigenvalue weighted by molar-refractivity contribution is -0.139. The van der Waals surface area contributed by atoms with E-state index in [2.05, 4.69) is 0 Å². The number of nitrogens with zero attached hydrogens (tertiary/aromatic N) is 1. The number of hydrogen-bond acceptors (Lipinski definition) is 7. The van der Waals surface area contributed by atoms with Gasteiger partial charge in [0.15, 0.2) is 11.5 Å². The Balaban J connectivity index is 1.65. The highest BCUT2D eigenvalue weighted by atomic mass is 16.5. The molecule has 2 aliphatic heterocycles. The zero-order chi connectivity index (χ0) is 27.7. The Hall–Kier alpha value is -4.46. The van der Waals surface area contributed by atoms with Gasteiger partial charge in [0.2, 0.25) is 5.75 Å². The van der Waals surface area contributed by atoms with E-state index in [9.17, 15) is 14.7 Å². The van der Waals surface area contributed by atoms with Crippen molar-refractivity contribution in [3.05, 3.63) is 88.5 Å². The van der Waals surface area contributed by atoms with E-state index in [0.717, 1.165) is 16.9 Å². The van der Waals surface area contributed by atoms with Gasteiger partial charge in [-0.25, -0.2) is 0 Å². The van der Waals surface area contributed by atoms with E-state index in [4.69, 9.17) is 18.9 Å². The van der Waals surface area contributed by atoms with Gasteiger partial charge in [0.25, 0.3) is 11.7 Å². The Morgan fingerprint density at radius 3 is 2.31 bits per heavy atom. The maximum atomic E-state index is 13.5. The third-order valence-electron chi connectivity index (χ3n) is 7.20. The number of aliphatic hydroxyl groups is 1. The molecule has 1 N–H and O–H groups in total. The fraction of sp³-hybridized carbons (Fsp3) is 0.290. The predicted molar refractivity (Wildman–Crippen MR) is 145 cm³/mol. The van der Waals surface area contributed by atoms with Crippen LogP contribution < -0.4 is 18.9 Å². The van der Waals surface area contributed by atoms with Crippen molar-refractivity contribution in [3.8, 4) is 23.0 Å². The highest BCUT2D eigenvalue weighted by molar-refractivity contribution is 6.46. The molecule has 0 radical (unpaired) electrons. The number of ether oxygens (including phenoxy) is 4. The molecule has 0 bridgehead atoms. The second-order valence-electron chi connectivity index (χ2n) is 9.64. The molecule has 39 heavy (non-hydrogen) atoms. The molecule has 3 aromatic carbocycles. The average Bonchev–Trinajstić information content (AvgIpc) is 3.46. The van der Waals surface area contributed by atoms with Crippen LogP contribution in [0.3, 0.4) is 0 Å². The number of fused-ring (bicyclic) bond motifs is 1. The molecule has 0 spiro atoms. The van der Waals surface area contributed by atoms with Gasteiger partial charge in [-0.05, 0) is 60.4 Å². The van der Waals surface area contributed by atoms with Crippen molar-refractivity contribution in [2.24, 2.45) is 0 Å². The first-order valence-electron chi connectivity index (χ1n) is 12.8. The Morgan fingerprint density at radius 1 is 0.974 bits per heavy atom. The Kier molecular flexibility index (Phi) is 7.19. The Morgan fingerprint density at radius 2 is 1.67 bits per heavy atom. The molecule has 5 rings (SSSR count). The number of Topliss-reactive ketones (excluding diaryl/α,β-unsaturated/α-hetero) is 1. The molecule has 0 aliphatic carbocycles. The largest absolute Gasteiger partial charge is 0.507 e. The van der Waals surface area contributed by atoms with Gasteiger partial charge in [0, 0.05) is 18.5 Å². The number of hydrogen-bond donors (Lipinski definition) is 1. The topological polar surface area (TPSA) is 94.5 Å². The average molecular weight is 530 g/mol. The normalized spacial score (nSPS) is 19.5. The summed E-state index contributed by atoms with van der Waals surface area (Å²) < 4.78 is 22.4.